The predicted molar refractivity (Wildman–Crippen MR) is 57.1 cm³/mol. The van der Waals surface area contributed by atoms with Crippen LogP contribution in [0, 0.1) is 0 Å². The van der Waals surface area contributed by atoms with E-state index in [4.69, 9.17) is 16.3 Å². The second kappa shape index (κ2) is 4.39. The second-order valence-corrected chi connectivity index (χ2v) is 4.85. The molecule has 5 heteroatoms. The van der Waals surface area contributed by atoms with Gasteiger partial charge in [-0.2, -0.15) is 0 Å². The van der Waals surface area contributed by atoms with Crippen LogP contribution in [0.5, 0.6) is 0 Å². The smallest absolute Gasteiger partial charge is 0.410 e. The van der Waals surface area contributed by atoms with Gasteiger partial charge in [0.2, 0.25) is 0 Å². The van der Waals surface area contributed by atoms with Gasteiger partial charge in [-0.1, -0.05) is 0 Å². The Kier molecular flexibility index (Phi) is 3.60. The summed E-state index contributed by atoms with van der Waals surface area (Å²) in [6.45, 7) is 5.96. The maximum Gasteiger partial charge on any atom is 0.410 e. The molecule has 0 aliphatic carbocycles. The Morgan fingerprint density at radius 3 is 2.40 bits per heavy atom. The molecule has 0 radical (unpaired) electrons. The van der Waals surface area contributed by atoms with Crippen LogP contribution in [-0.2, 0) is 9.53 Å². The molecular weight excluding hydrogens is 218 g/mol. The highest BCUT2D eigenvalue weighted by Gasteiger charge is 2.38. The fourth-order valence-corrected chi connectivity index (χ4v) is 1.53. The number of ether oxygens (including phenoxy) is 1. The highest BCUT2D eigenvalue weighted by Crippen LogP contribution is 2.22. The molecule has 1 atom stereocenters. The summed E-state index contributed by atoms with van der Waals surface area (Å²) in [6.07, 6.45) is 0.252. The summed E-state index contributed by atoms with van der Waals surface area (Å²) < 4.78 is 5.16. The second-order valence-electron chi connectivity index (χ2n) is 4.58. The highest BCUT2D eigenvalue weighted by atomic mass is 35.5. The molecule has 0 aromatic carbocycles. The van der Waals surface area contributed by atoms with Gasteiger partial charge in [-0.05, 0) is 27.2 Å². The molecule has 0 aromatic heterocycles. The van der Waals surface area contributed by atoms with Crippen LogP contribution >= 0.6 is 11.6 Å². The lowest BCUT2D eigenvalue weighted by Crippen LogP contribution is -2.56. The number of alkyl halides is 1. The van der Waals surface area contributed by atoms with E-state index in [1.807, 2.05) is 0 Å². The van der Waals surface area contributed by atoms with Gasteiger partial charge in [0.25, 0.3) is 0 Å². The number of hydrogen-bond donors (Lipinski definition) is 0. The standard InChI is InChI=1S/C10H16ClNO3/c1-10(2,3)15-9(14)12-5-4-7(12)8(13)6-11/h7H,4-6H2,1-3H3/t7-/m1/s1. The minimum Gasteiger partial charge on any atom is -0.444 e. The zero-order chi connectivity index (χ0) is 11.6. The summed E-state index contributed by atoms with van der Waals surface area (Å²) in [5.41, 5.74) is -0.527. The fraction of sp³-hybridized carbons (Fsp3) is 0.800. The van der Waals surface area contributed by atoms with Crippen LogP contribution in [0.15, 0.2) is 0 Å². The Hall–Kier alpha value is -0.770. The molecule has 1 rings (SSSR count). The van der Waals surface area contributed by atoms with Crippen LogP contribution in [0.3, 0.4) is 0 Å². The van der Waals surface area contributed by atoms with Gasteiger partial charge < -0.3 is 4.74 Å². The van der Waals surface area contributed by atoms with Crippen LogP contribution in [0.4, 0.5) is 4.79 Å². The van der Waals surface area contributed by atoms with Crippen molar-refractivity contribution in [2.45, 2.75) is 38.8 Å². The van der Waals surface area contributed by atoms with Gasteiger partial charge in [0.05, 0.1) is 11.9 Å². The number of ketones is 1. The van der Waals surface area contributed by atoms with Gasteiger partial charge in [0, 0.05) is 6.54 Å². The highest BCUT2D eigenvalue weighted by molar-refractivity contribution is 6.28. The lowest BCUT2D eigenvalue weighted by Gasteiger charge is -2.39. The molecule has 1 aliphatic rings. The zero-order valence-corrected chi connectivity index (χ0v) is 10.0. The van der Waals surface area contributed by atoms with Crippen molar-refractivity contribution in [1.29, 1.82) is 0 Å². The molecule has 0 unspecified atom stereocenters. The number of rotatable bonds is 2. The number of carbonyl (C=O) groups is 2. The Balaban J connectivity index is 2.51. The Labute approximate surface area is 94.5 Å². The number of Topliss-reactive ketones (excluding diaryl/α,β-unsaturated/α-hetero) is 1. The first-order chi connectivity index (χ1) is 6.85. The molecule has 0 spiro atoms. The zero-order valence-electron chi connectivity index (χ0n) is 9.25. The van der Waals surface area contributed by atoms with E-state index in [1.165, 1.54) is 4.90 Å². The minimum atomic E-state index is -0.527. The van der Waals surface area contributed by atoms with E-state index in [9.17, 15) is 9.59 Å². The van der Waals surface area contributed by atoms with E-state index >= 15 is 0 Å². The molecule has 1 saturated heterocycles. The Morgan fingerprint density at radius 2 is 2.07 bits per heavy atom. The summed E-state index contributed by atoms with van der Waals surface area (Å²) in [4.78, 5) is 24.3. The number of halogens is 1. The molecule has 0 bridgehead atoms. The van der Waals surface area contributed by atoms with Crippen molar-refractivity contribution in [3.63, 3.8) is 0 Å². The number of likely N-dealkylation sites (tertiary alicyclic amines) is 1. The van der Waals surface area contributed by atoms with Crippen molar-refractivity contribution in [3.05, 3.63) is 0 Å². The molecule has 1 amide bonds. The molecule has 0 aromatic rings. The van der Waals surface area contributed by atoms with Crippen molar-refractivity contribution in [2.75, 3.05) is 12.4 Å². The molecule has 1 heterocycles. The Morgan fingerprint density at radius 1 is 1.47 bits per heavy atom. The lowest BCUT2D eigenvalue weighted by atomic mass is 10.0. The summed E-state index contributed by atoms with van der Waals surface area (Å²) >= 11 is 5.43. The number of amides is 1. The van der Waals surface area contributed by atoms with Gasteiger partial charge >= 0.3 is 6.09 Å². The molecule has 15 heavy (non-hydrogen) atoms. The quantitative estimate of drug-likeness (QED) is 0.684. The normalized spacial score (nSPS) is 20.8. The lowest BCUT2D eigenvalue weighted by molar-refractivity contribution is -0.125. The number of carbonyl (C=O) groups excluding carboxylic acids is 2. The van der Waals surface area contributed by atoms with E-state index in [0.717, 1.165) is 0 Å². The van der Waals surface area contributed by atoms with Crippen molar-refractivity contribution < 1.29 is 14.3 Å². The van der Waals surface area contributed by atoms with E-state index in [2.05, 4.69) is 0 Å². The monoisotopic (exact) mass is 233 g/mol. The van der Waals surface area contributed by atoms with E-state index in [-0.39, 0.29) is 17.7 Å². The largest absolute Gasteiger partial charge is 0.444 e. The van der Waals surface area contributed by atoms with Crippen LogP contribution in [0.25, 0.3) is 0 Å². The molecule has 86 valence electrons. The summed E-state index contributed by atoms with van der Waals surface area (Å²) in [5.74, 6) is -0.168. The minimum absolute atomic E-state index is 0.0516. The molecule has 0 N–H and O–H groups in total. The SMILES string of the molecule is CC(C)(C)OC(=O)N1CC[C@@H]1C(=O)CCl. The van der Waals surface area contributed by atoms with Crippen LogP contribution in [-0.4, -0.2) is 40.8 Å². The van der Waals surface area contributed by atoms with Crippen molar-refractivity contribution in [2.24, 2.45) is 0 Å². The Bertz CT molecular complexity index is 272. The third-order valence-corrected chi connectivity index (χ3v) is 2.41. The molecular formula is C10H16ClNO3. The average Bonchev–Trinajstić information content (AvgIpc) is 1.97. The molecule has 4 nitrogen and oxygen atoms in total. The molecule has 0 saturated carbocycles. The maximum atomic E-state index is 11.6. The first-order valence-electron chi connectivity index (χ1n) is 4.93. The van der Waals surface area contributed by atoms with E-state index in [0.29, 0.717) is 13.0 Å². The van der Waals surface area contributed by atoms with E-state index < -0.39 is 11.7 Å². The van der Waals surface area contributed by atoms with Gasteiger partial charge in [-0.15, -0.1) is 11.6 Å². The van der Waals surface area contributed by atoms with Gasteiger partial charge in [-0.3, -0.25) is 9.69 Å². The topological polar surface area (TPSA) is 46.6 Å². The first-order valence-corrected chi connectivity index (χ1v) is 5.47. The maximum absolute atomic E-state index is 11.6. The fourth-order valence-electron chi connectivity index (χ4n) is 1.35. The van der Waals surface area contributed by atoms with Gasteiger partial charge in [-0.25, -0.2) is 4.79 Å². The van der Waals surface area contributed by atoms with Crippen molar-refractivity contribution >= 4 is 23.5 Å². The van der Waals surface area contributed by atoms with Crippen molar-refractivity contribution in [1.82, 2.24) is 4.90 Å². The van der Waals surface area contributed by atoms with Gasteiger partial charge in [0.1, 0.15) is 5.60 Å². The van der Waals surface area contributed by atoms with Crippen LogP contribution in [0.1, 0.15) is 27.2 Å². The van der Waals surface area contributed by atoms with E-state index in [1.54, 1.807) is 20.8 Å². The van der Waals surface area contributed by atoms with Crippen LogP contribution in [0.2, 0.25) is 0 Å². The van der Waals surface area contributed by atoms with Crippen molar-refractivity contribution in [3.8, 4) is 0 Å². The molecule has 1 aliphatic heterocycles. The third-order valence-electron chi connectivity index (χ3n) is 2.15. The van der Waals surface area contributed by atoms with Crippen LogP contribution < -0.4 is 0 Å². The predicted octanol–water partition coefficient (Wildman–Crippen LogP) is 1.80. The third kappa shape index (κ3) is 3.09. The number of hydrogen-bond acceptors (Lipinski definition) is 3. The van der Waals surface area contributed by atoms with Gasteiger partial charge in [0.15, 0.2) is 5.78 Å². The average molecular weight is 234 g/mol. The number of nitrogens with zero attached hydrogens (tertiary/aromatic N) is 1. The first kappa shape index (κ1) is 12.3. The molecule has 1 fully saturated rings. The summed E-state index contributed by atoms with van der Waals surface area (Å²) in [7, 11) is 0. The summed E-state index contributed by atoms with van der Waals surface area (Å²) in [6, 6.07) is -0.377. The summed E-state index contributed by atoms with van der Waals surface area (Å²) in [5, 5.41) is 0.